The van der Waals surface area contributed by atoms with Crippen LogP contribution in [-0.2, 0) is 9.53 Å². The molecule has 2 rings (SSSR count). The van der Waals surface area contributed by atoms with Crippen LogP contribution in [0.15, 0.2) is 47.2 Å². The van der Waals surface area contributed by atoms with E-state index in [1.54, 1.807) is 11.1 Å². The van der Waals surface area contributed by atoms with Gasteiger partial charge in [0.05, 0.1) is 5.57 Å². The predicted octanol–water partition coefficient (Wildman–Crippen LogP) is 2.86. The van der Waals surface area contributed by atoms with Crippen molar-refractivity contribution in [3.05, 3.63) is 52.7 Å². The van der Waals surface area contributed by atoms with Crippen LogP contribution in [0.4, 0.5) is 0 Å². The smallest absolute Gasteiger partial charge is 0.344 e. The Labute approximate surface area is 90.0 Å². The molecule has 0 radical (unpaired) electrons. The van der Waals surface area contributed by atoms with Gasteiger partial charge in [-0.1, -0.05) is 46.3 Å². The van der Waals surface area contributed by atoms with Crippen LogP contribution in [0.2, 0.25) is 0 Å². The van der Waals surface area contributed by atoms with Crippen LogP contribution in [0.3, 0.4) is 0 Å². The molecule has 1 heterocycles. The molecule has 1 aromatic rings. The number of carbonyl (C=O) groups is 1. The van der Waals surface area contributed by atoms with Gasteiger partial charge < -0.3 is 4.74 Å². The monoisotopic (exact) mass is 250 g/mol. The molecule has 1 aliphatic rings. The van der Waals surface area contributed by atoms with E-state index in [-0.39, 0.29) is 5.97 Å². The van der Waals surface area contributed by atoms with Crippen molar-refractivity contribution < 1.29 is 9.53 Å². The first-order valence-electron chi connectivity index (χ1n) is 4.11. The molecule has 3 heteroatoms. The maximum absolute atomic E-state index is 11.4. The largest absolute Gasteiger partial charge is 0.422 e. The topological polar surface area (TPSA) is 26.3 Å². The summed E-state index contributed by atoms with van der Waals surface area (Å²) in [7, 11) is 0. The first-order chi connectivity index (χ1) is 6.81. The number of hydrogen-bond acceptors (Lipinski definition) is 2. The third-order valence-corrected chi connectivity index (χ3v) is 2.36. The molecule has 0 saturated heterocycles. The lowest BCUT2D eigenvalue weighted by Crippen LogP contribution is -1.97. The first kappa shape index (κ1) is 9.21. The molecule has 0 spiro atoms. The summed E-state index contributed by atoms with van der Waals surface area (Å²) in [6.07, 6.45) is 1.71. The Kier molecular flexibility index (Phi) is 2.50. The van der Waals surface area contributed by atoms with E-state index in [9.17, 15) is 4.79 Å². The number of ether oxygens (including phenoxy) is 1. The van der Waals surface area contributed by atoms with Gasteiger partial charge in [-0.3, -0.25) is 0 Å². The fourth-order valence-corrected chi connectivity index (χ4v) is 1.49. The second kappa shape index (κ2) is 3.80. The van der Waals surface area contributed by atoms with Crippen molar-refractivity contribution in [1.29, 1.82) is 0 Å². The van der Waals surface area contributed by atoms with E-state index in [0.717, 1.165) is 5.56 Å². The molecular weight excluding hydrogens is 244 g/mol. The molecule has 0 aliphatic carbocycles. The number of rotatable bonds is 1. The Morgan fingerprint density at radius 1 is 1.21 bits per heavy atom. The average molecular weight is 251 g/mol. The highest BCUT2D eigenvalue weighted by atomic mass is 79.9. The molecule has 1 aliphatic heterocycles. The summed E-state index contributed by atoms with van der Waals surface area (Å²) in [5, 5.41) is 0. The minimum Gasteiger partial charge on any atom is -0.422 e. The molecule has 70 valence electrons. The predicted molar refractivity (Wildman–Crippen MR) is 57.5 cm³/mol. The molecule has 0 fully saturated rings. The average Bonchev–Trinajstić information content (AvgIpc) is 2.61. The van der Waals surface area contributed by atoms with Crippen molar-refractivity contribution in [3.8, 4) is 0 Å². The highest BCUT2D eigenvalue weighted by Gasteiger charge is 2.21. The summed E-state index contributed by atoms with van der Waals surface area (Å²) < 4.78 is 4.96. The van der Waals surface area contributed by atoms with Crippen molar-refractivity contribution >= 4 is 27.5 Å². The van der Waals surface area contributed by atoms with Crippen LogP contribution in [0.1, 0.15) is 5.56 Å². The van der Waals surface area contributed by atoms with E-state index in [0.29, 0.717) is 11.3 Å². The molecule has 0 bridgehead atoms. The maximum atomic E-state index is 11.4. The summed E-state index contributed by atoms with van der Waals surface area (Å²) in [5.41, 5.74) is 1.47. The molecule has 2 nitrogen and oxygen atoms in total. The van der Waals surface area contributed by atoms with Crippen LogP contribution < -0.4 is 0 Å². The summed E-state index contributed by atoms with van der Waals surface area (Å²) in [4.78, 5) is 13.0. The number of halogens is 1. The van der Waals surface area contributed by atoms with Gasteiger partial charge in [0.2, 0.25) is 0 Å². The van der Waals surface area contributed by atoms with E-state index in [2.05, 4.69) is 15.9 Å². The van der Waals surface area contributed by atoms with Gasteiger partial charge in [0.15, 0.2) is 0 Å². The Balaban J connectivity index is 2.41. The van der Waals surface area contributed by atoms with Crippen LogP contribution in [0.5, 0.6) is 0 Å². The van der Waals surface area contributed by atoms with Gasteiger partial charge in [0.25, 0.3) is 0 Å². The van der Waals surface area contributed by atoms with E-state index in [1.165, 1.54) is 0 Å². The quantitative estimate of drug-likeness (QED) is 0.717. The van der Waals surface area contributed by atoms with E-state index in [4.69, 9.17) is 4.74 Å². The SMILES string of the molecule is O=C1O/C(=C/Br)C=C1c1ccccc1. The van der Waals surface area contributed by atoms with Gasteiger partial charge in [-0.2, -0.15) is 0 Å². The number of allylic oxidation sites excluding steroid dienone is 1. The fraction of sp³-hybridized carbons (Fsp3) is 0. The van der Waals surface area contributed by atoms with Gasteiger partial charge in [-0.15, -0.1) is 0 Å². The second-order valence-corrected chi connectivity index (χ2v) is 3.28. The molecule has 0 amide bonds. The summed E-state index contributed by atoms with van der Waals surface area (Å²) >= 11 is 3.12. The molecule has 14 heavy (non-hydrogen) atoms. The van der Waals surface area contributed by atoms with Gasteiger partial charge >= 0.3 is 5.97 Å². The molecule has 1 aromatic carbocycles. The third kappa shape index (κ3) is 1.63. The molecular formula is C11H7BrO2. The molecule has 0 aromatic heterocycles. The van der Waals surface area contributed by atoms with E-state index < -0.39 is 0 Å². The summed E-state index contributed by atoms with van der Waals surface area (Å²) in [6, 6.07) is 9.44. The van der Waals surface area contributed by atoms with Crippen LogP contribution in [-0.4, -0.2) is 5.97 Å². The third-order valence-electron chi connectivity index (χ3n) is 1.91. The lowest BCUT2D eigenvalue weighted by Gasteiger charge is -1.97. The zero-order chi connectivity index (χ0) is 9.97. The molecule has 0 saturated carbocycles. The number of esters is 1. The zero-order valence-corrected chi connectivity index (χ0v) is 8.82. The first-order valence-corrected chi connectivity index (χ1v) is 5.02. The molecule has 0 N–H and O–H groups in total. The summed E-state index contributed by atoms with van der Waals surface area (Å²) in [6.45, 7) is 0. The lowest BCUT2D eigenvalue weighted by atomic mass is 10.1. The van der Waals surface area contributed by atoms with E-state index in [1.807, 2.05) is 30.3 Å². The van der Waals surface area contributed by atoms with E-state index >= 15 is 0 Å². The van der Waals surface area contributed by atoms with Gasteiger partial charge in [-0.05, 0) is 11.6 Å². The highest BCUT2D eigenvalue weighted by Crippen LogP contribution is 2.26. The summed E-state index contributed by atoms with van der Waals surface area (Å²) in [5.74, 6) is 0.232. The standard InChI is InChI=1S/C11H7BrO2/c12-7-9-6-10(11(13)14-9)8-4-2-1-3-5-8/h1-7H/b9-7+. The maximum Gasteiger partial charge on any atom is 0.344 e. The highest BCUT2D eigenvalue weighted by molar-refractivity contribution is 9.11. The van der Waals surface area contributed by atoms with Crippen molar-refractivity contribution in [2.75, 3.05) is 0 Å². The Hall–Kier alpha value is -1.35. The minimum absolute atomic E-state index is 0.304. The Morgan fingerprint density at radius 2 is 1.93 bits per heavy atom. The number of hydrogen-bond donors (Lipinski definition) is 0. The number of benzene rings is 1. The molecule has 0 unspecified atom stereocenters. The van der Waals surface area contributed by atoms with Crippen molar-refractivity contribution in [2.45, 2.75) is 0 Å². The molecule has 0 atom stereocenters. The van der Waals surface area contributed by atoms with Gasteiger partial charge in [0.1, 0.15) is 5.76 Å². The normalized spacial score (nSPS) is 18.2. The zero-order valence-electron chi connectivity index (χ0n) is 7.24. The van der Waals surface area contributed by atoms with Crippen molar-refractivity contribution in [1.82, 2.24) is 0 Å². The van der Waals surface area contributed by atoms with Crippen molar-refractivity contribution in [2.24, 2.45) is 0 Å². The van der Waals surface area contributed by atoms with Gasteiger partial charge in [-0.25, -0.2) is 4.79 Å². The number of cyclic esters (lactones) is 1. The minimum atomic E-state index is -0.304. The van der Waals surface area contributed by atoms with Gasteiger partial charge in [0, 0.05) is 4.99 Å². The lowest BCUT2D eigenvalue weighted by molar-refractivity contribution is -0.131. The van der Waals surface area contributed by atoms with Crippen LogP contribution in [0, 0.1) is 0 Å². The Bertz CT molecular complexity index is 418. The van der Waals surface area contributed by atoms with Crippen LogP contribution in [0.25, 0.3) is 5.57 Å². The Morgan fingerprint density at radius 3 is 2.50 bits per heavy atom. The second-order valence-electron chi connectivity index (χ2n) is 2.83. The number of carbonyl (C=O) groups excluding carboxylic acids is 1. The fourth-order valence-electron chi connectivity index (χ4n) is 1.27. The van der Waals surface area contributed by atoms with Crippen molar-refractivity contribution in [3.63, 3.8) is 0 Å². The van der Waals surface area contributed by atoms with Crippen LogP contribution >= 0.6 is 15.9 Å².